The molecule has 5 nitrogen and oxygen atoms in total. The summed E-state index contributed by atoms with van der Waals surface area (Å²) in [5.41, 5.74) is 6.06. The minimum Gasteiger partial charge on any atom is -0.399 e. The van der Waals surface area contributed by atoms with Gasteiger partial charge in [-0.15, -0.1) is 0 Å². The zero-order valence-electron chi connectivity index (χ0n) is 10.5. The van der Waals surface area contributed by atoms with Gasteiger partial charge in [-0.25, -0.2) is 13.1 Å². The van der Waals surface area contributed by atoms with Gasteiger partial charge in [0.05, 0.1) is 4.90 Å². The number of sulfonamides is 1. The second kappa shape index (κ2) is 6.17. The van der Waals surface area contributed by atoms with E-state index >= 15 is 0 Å². The van der Waals surface area contributed by atoms with E-state index in [1.165, 1.54) is 30.3 Å². The number of carbonyl (C=O) groups excluding carboxylic acids is 1. The van der Waals surface area contributed by atoms with Crippen molar-refractivity contribution < 1.29 is 13.2 Å². The fourth-order valence-electron chi connectivity index (χ4n) is 1.61. The Hall–Kier alpha value is -1.38. The Morgan fingerprint density at radius 2 is 1.67 bits per heavy atom. The maximum atomic E-state index is 12.1. The van der Waals surface area contributed by atoms with E-state index in [1.807, 2.05) is 4.72 Å². The minimum atomic E-state index is -3.97. The van der Waals surface area contributed by atoms with E-state index in [9.17, 15) is 13.2 Å². The van der Waals surface area contributed by atoms with Crippen LogP contribution in [-0.4, -0.2) is 14.3 Å². The van der Waals surface area contributed by atoms with E-state index in [0.29, 0.717) is 14.6 Å². The number of hydrogen-bond acceptors (Lipinski definition) is 4. The molecule has 0 atom stereocenters. The topological polar surface area (TPSA) is 89.3 Å². The van der Waals surface area contributed by atoms with Crippen LogP contribution in [0.25, 0.3) is 0 Å². The van der Waals surface area contributed by atoms with Crippen molar-refractivity contribution in [1.82, 2.24) is 4.72 Å². The first-order valence-corrected chi connectivity index (χ1v) is 8.73. The number of halogens is 2. The lowest BCUT2D eigenvalue weighted by Crippen LogP contribution is -2.30. The first-order chi connectivity index (χ1) is 9.78. The number of anilines is 1. The van der Waals surface area contributed by atoms with Crippen LogP contribution < -0.4 is 10.5 Å². The summed E-state index contributed by atoms with van der Waals surface area (Å²) in [6.07, 6.45) is 0. The molecule has 1 amide bonds. The summed E-state index contributed by atoms with van der Waals surface area (Å²) in [7, 11) is -3.97. The van der Waals surface area contributed by atoms with Gasteiger partial charge in [0.1, 0.15) is 0 Å². The first-order valence-electron chi connectivity index (χ1n) is 5.67. The molecule has 3 N–H and O–H groups in total. The van der Waals surface area contributed by atoms with E-state index in [4.69, 9.17) is 5.73 Å². The molecule has 8 heteroatoms. The number of nitrogens with two attached hydrogens (primary N) is 1. The number of benzene rings is 2. The number of nitrogens with one attached hydrogen (secondary N) is 1. The highest BCUT2D eigenvalue weighted by Gasteiger charge is 2.19. The average molecular weight is 434 g/mol. The zero-order valence-corrected chi connectivity index (χ0v) is 14.5. The van der Waals surface area contributed by atoms with Crippen LogP contribution in [0.1, 0.15) is 10.4 Å². The number of carbonyl (C=O) groups is 1. The van der Waals surface area contributed by atoms with Crippen LogP contribution in [0, 0.1) is 0 Å². The molecule has 0 aliphatic rings. The Kier molecular flexibility index (Phi) is 4.70. The lowest BCUT2D eigenvalue weighted by atomic mass is 10.2. The molecule has 0 spiro atoms. The van der Waals surface area contributed by atoms with E-state index in [1.54, 1.807) is 12.1 Å². The van der Waals surface area contributed by atoms with Gasteiger partial charge in [0.15, 0.2) is 0 Å². The predicted molar refractivity (Wildman–Crippen MR) is 87.3 cm³/mol. The molecule has 2 rings (SSSR count). The van der Waals surface area contributed by atoms with Crippen molar-refractivity contribution in [2.45, 2.75) is 4.90 Å². The van der Waals surface area contributed by atoms with Crippen LogP contribution in [0.15, 0.2) is 56.3 Å². The third-order valence-electron chi connectivity index (χ3n) is 2.52. The molecule has 0 aliphatic carbocycles. The molecule has 2 aromatic carbocycles. The van der Waals surface area contributed by atoms with Gasteiger partial charge in [0.2, 0.25) is 0 Å². The number of amides is 1. The van der Waals surface area contributed by atoms with Crippen LogP contribution in [0.3, 0.4) is 0 Å². The highest BCUT2D eigenvalue weighted by atomic mass is 79.9. The van der Waals surface area contributed by atoms with Crippen LogP contribution in [0.2, 0.25) is 0 Å². The Labute approximate surface area is 138 Å². The molecule has 0 bridgehead atoms. The van der Waals surface area contributed by atoms with Gasteiger partial charge in [0, 0.05) is 20.2 Å². The van der Waals surface area contributed by atoms with Crippen molar-refractivity contribution in [2.24, 2.45) is 0 Å². The summed E-state index contributed by atoms with van der Waals surface area (Å²) >= 11 is 6.48. The average Bonchev–Trinajstić information content (AvgIpc) is 2.37. The van der Waals surface area contributed by atoms with Gasteiger partial charge < -0.3 is 5.73 Å². The summed E-state index contributed by atoms with van der Waals surface area (Å²) < 4.78 is 27.6. The van der Waals surface area contributed by atoms with Crippen molar-refractivity contribution >= 4 is 53.5 Å². The lowest BCUT2D eigenvalue weighted by molar-refractivity contribution is 0.0981. The fraction of sp³-hybridized carbons (Fsp3) is 0. The van der Waals surface area contributed by atoms with Gasteiger partial charge in [-0.05, 0) is 36.4 Å². The Morgan fingerprint density at radius 1 is 1.05 bits per heavy atom. The number of rotatable bonds is 3. The fourth-order valence-corrected chi connectivity index (χ4v) is 3.93. The predicted octanol–water partition coefficient (Wildman–Crippen LogP) is 2.91. The minimum absolute atomic E-state index is 0.0649. The van der Waals surface area contributed by atoms with E-state index in [-0.39, 0.29) is 10.5 Å². The second-order valence-electron chi connectivity index (χ2n) is 4.17. The van der Waals surface area contributed by atoms with Gasteiger partial charge >= 0.3 is 0 Å². The highest BCUT2D eigenvalue weighted by Crippen LogP contribution is 2.20. The molecular weight excluding hydrogens is 424 g/mol. The molecule has 0 aliphatic heterocycles. The third-order valence-corrected chi connectivity index (χ3v) is 4.76. The van der Waals surface area contributed by atoms with E-state index in [0.717, 1.165) is 0 Å². The molecule has 0 unspecified atom stereocenters. The van der Waals surface area contributed by atoms with Crippen molar-refractivity contribution in [3.05, 3.63) is 57.0 Å². The Balaban J connectivity index is 2.30. The second-order valence-corrected chi connectivity index (χ2v) is 7.68. The zero-order chi connectivity index (χ0) is 15.6. The third kappa shape index (κ3) is 4.05. The van der Waals surface area contributed by atoms with Crippen molar-refractivity contribution in [3.8, 4) is 0 Å². The normalized spacial score (nSPS) is 11.1. The largest absolute Gasteiger partial charge is 0.399 e. The number of hydrogen-bond donors (Lipinski definition) is 2. The van der Waals surface area contributed by atoms with Gasteiger partial charge in [-0.2, -0.15) is 0 Å². The molecule has 0 radical (unpaired) electrons. The molecule has 21 heavy (non-hydrogen) atoms. The maximum Gasteiger partial charge on any atom is 0.265 e. The van der Waals surface area contributed by atoms with Crippen LogP contribution >= 0.6 is 31.9 Å². The quantitative estimate of drug-likeness (QED) is 0.728. The van der Waals surface area contributed by atoms with Crippen molar-refractivity contribution in [2.75, 3.05) is 5.73 Å². The summed E-state index contributed by atoms with van der Waals surface area (Å²) in [5, 5.41) is 0. The molecule has 0 saturated heterocycles. The van der Waals surface area contributed by atoms with Gasteiger partial charge in [0.25, 0.3) is 15.9 Å². The summed E-state index contributed by atoms with van der Waals surface area (Å²) in [6, 6.07) is 10.5. The Morgan fingerprint density at radius 3 is 2.24 bits per heavy atom. The van der Waals surface area contributed by atoms with Crippen LogP contribution in [0.5, 0.6) is 0 Å². The summed E-state index contributed by atoms with van der Waals surface area (Å²) in [4.78, 5) is 12.0. The maximum absolute atomic E-state index is 12.1. The standard InChI is InChI=1S/C13H10Br2N2O3S/c14-9-4-8(5-10(15)6-9)13(18)17-21(19,20)12-3-1-2-11(16)7-12/h1-7H,16H2,(H,17,18). The molecule has 2 aromatic rings. The Bertz CT molecular complexity index is 787. The molecule has 0 fully saturated rings. The monoisotopic (exact) mass is 432 g/mol. The van der Waals surface area contributed by atoms with Crippen LogP contribution in [0.4, 0.5) is 5.69 Å². The van der Waals surface area contributed by atoms with E-state index < -0.39 is 15.9 Å². The summed E-state index contributed by atoms with van der Waals surface area (Å²) in [5.74, 6) is -0.723. The highest BCUT2D eigenvalue weighted by molar-refractivity contribution is 9.11. The summed E-state index contributed by atoms with van der Waals surface area (Å²) in [6.45, 7) is 0. The SMILES string of the molecule is Nc1cccc(S(=O)(=O)NC(=O)c2cc(Br)cc(Br)c2)c1. The van der Waals surface area contributed by atoms with Gasteiger partial charge in [-0.3, -0.25) is 4.79 Å². The van der Waals surface area contributed by atoms with E-state index in [2.05, 4.69) is 31.9 Å². The van der Waals surface area contributed by atoms with Crippen molar-refractivity contribution in [3.63, 3.8) is 0 Å². The van der Waals surface area contributed by atoms with Gasteiger partial charge in [-0.1, -0.05) is 37.9 Å². The smallest absolute Gasteiger partial charge is 0.265 e. The van der Waals surface area contributed by atoms with Crippen molar-refractivity contribution in [1.29, 1.82) is 0 Å². The molecule has 0 aromatic heterocycles. The van der Waals surface area contributed by atoms with Crippen LogP contribution in [-0.2, 0) is 10.0 Å². The lowest BCUT2D eigenvalue weighted by Gasteiger charge is -2.08. The molecule has 110 valence electrons. The molecule has 0 saturated carbocycles. The molecular formula is C13H10Br2N2O3S. The first kappa shape index (κ1) is 16.0. The number of nitrogen functional groups attached to an aromatic ring is 1. The molecule has 0 heterocycles.